The minimum absolute atomic E-state index is 0.0406. The molecule has 1 aromatic carbocycles. The highest BCUT2D eigenvalue weighted by molar-refractivity contribution is 5.67. The third-order valence-corrected chi connectivity index (χ3v) is 1.84. The lowest BCUT2D eigenvalue weighted by atomic mass is 10.2. The second kappa shape index (κ2) is 8.01. The van der Waals surface area contributed by atoms with E-state index in [-0.39, 0.29) is 18.3 Å². The van der Waals surface area contributed by atoms with E-state index in [1.54, 1.807) is 20.8 Å². The summed E-state index contributed by atoms with van der Waals surface area (Å²) in [6.45, 7) is 5.14. The normalized spacial score (nSPS) is 9.85. The van der Waals surface area contributed by atoms with Crippen LogP contribution in [0, 0.1) is 11.6 Å². The molecule has 0 aromatic heterocycles. The minimum Gasteiger partial charge on any atom is -0.444 e. The molecule has 0 bridgehead atoms. The Morgan fingerprint density at radius 3 is 2.30 bits per heavy atom. The number of rotatable bonds is 2. The zero-order valence-corrected chi connectivity index (χ0v) is 11.3. The van der Waals surface area contributed by atoms with Gasteiger partial charge in [-0.25, -0.2) is 13.6 Å². The molecule has 0 aliphatic rings. The van der Waals surface area contributed by atoms with E-state index >= 15 is 0 Å². The monoisotopic (exact) mass is 287 g/mol. The lowest BCUT2D eigenvalue weighted by Crippen LogP contribution is -2.32. The van der Waals surface area contributed by atoms with Gasteiger partial charge in [0.1, 0.15) is 17.2 Å². The van der Waals surface area contributed by atoms with Crippen LogP contribution in [0.3, 0.4) is 0 Å². The van der Waals surface area contributed by atoms with Crippen LogP contribution in [0.5, 0.6) is 0 Å². The zero-order chi connectivity index (χ0) is 15.8. The molecule has 0 aliphatic carbocycles. The van der Waals surface area contributed by atoms with Crippen LogP contribution in [0.15, 0.2) is 18.2 Å². The highest BCUT2D eigenvalue weighted by atomic mass is 19.1. The van der Waals surface area contributed by atoms with E-state index in [2.05, 4.69) is 5.32 Å². The lowest BCUT2D eigenvalue weighted by molar-refractivity contribution is -0.191. The Bertz CT molecular complexity index is 492. The summed E-state index contributed by atoms with van der Waals surface area (Å²) in [5.74, 6) is -1.34. The van der Waals surface area contributed by atoms with Crippen molar-refractivity contribution < 1.29 is 27.9 Å². The van der Waals surface area contributed by atoms with Crippen LogP contribution in [-0.2, 0) is 20.9 Å². The molecule has 1 amide bonds. The first-order valence-corrected chi connectivity index (χ1v) is 5.59. The maximum Gasteiger partial charge on any atom is 0.407 e. The van der Waals surface area contributed by atoms with Crippen LogP contribution in [-0.4, -0.2) is 17.8 Å². The number of halogens is 2. The van der Waals surface area contributed by atoms with Crippen molar-refractivity contribution in [2.75, 3.05) is 0 Å². The van der Waals surface area contributed by atoms with E-state index in [1.807, 2.05) is 0 Å². The van der Waals surface area contributed by atoms with Gasteiger partial charge in [0.25, 0.3) is 0 Å². The molecule has 0 fully saturated rings. The fourth-order valence-corrected chi connectivity index (χ4v) is 1.15. The van der Waals surface area contributed by atoms with Crippen LogP contribution in [0.25, 0.3) is 0 Å². The van der Waals surface area contributed by atoms with E-state index < -0.39 is 23.3 Å². The van der Waals surface area contributed by atoms with Gasteiger partial charge < -0.3 is 10.1 Å². The quantitative estimate of drug-likeness (QED) is 0.906. The molecule has 5 nitrogen and oxygen atoms in total. The molecule has 110 valence electrons. The van der Waals surface area contributed by atoms with Gasteiger partial charge in [-0.15, -0.1) is 0 Å². The predicted octanol–water partition coefficient (Wildman–Crippen LogP) is 2.41. The van der Waals surface area contributed by atoms with Gasteiger partial charge in [0.2, 0.25) is 0 Å². The molecule has 0 unspecified atom stereocenters. The summed E-state index contributed by atoms with van der Waals surface area (Å²) in [7, 11) is 0. The van der Waals surface area contributed by atoms with Crippen molar-refractivity contribution in [3.63, 3.8) is 0 Å². The molecule has 1 rings (SSSR count). The van der Waals surface area contributed by atoms with Gasteiger partial charge in [-0.3, -0.25) is 0 Å². The molecule has 0 aliphatic heterocycles. The number of carbonyl (C=O) groups is 1. The molecule has 1 N–H and O–H groups in total. The molecule has 20 heavy (non-hydrogen) atoms. The SMILES string of the molecule is CC(C)(C)OC(=O)NCc1ccc(F)cc1F.O=C=O. The molecule has 0 spiro atoms. The molecule has 7 heteroatoms. The summed E-state index contributed by atoms with van der Waals surface area (Å²) in [6, 6.07) is 3.18. The number of nitrogens with one attached hydrogen (secondary N) is 1. The van der Waals surface area contributed by atoms with E-state index in [0.29, 0.717) is 0 Å². The van der Waals surface area contributed by atoms with Crippen LogP contribution in [0.2, 0.25) is 0 Å². The van der Waals surface area contributed by atoms with Gasteiger partial charge in [0.15, 0.2) is 0 Å². The van der Waals surface area contributed by atoms with Crippen molar-refractivity contribution >= 4 is 12.2 Å². The molecule has 0 heterocycles. The number of benzene rings is 1. The van der Waals surface area contributed by atoms with Gasteiger partial charge in [0, 0.05) is 18.2 Å². The van der Waals surface area contributed by atoms with Gasteiger partial charge in [-0.05, 0) is 26.8 Å². The van der Waals surface area contributed by atoms with Gasteiger partial charge in [-0.1, -0.05) is 6.07 Å². The van der Waals surface area contributed by atoms with Gasteiger partial charge in [0.05, 0.1) is 0 Å². The van der Waals surface area contributed by atoms with Crippen LogP contribution in [0.4, 0.5) is 13.6 Å². The fourth-order valence-electron chi connectivity index (χ4n) is 1.15. The van der Waals surface area contributed by atoms with Gasteiger partial charge in [-0.2, -0.15) is 9.59 Å². The first-order valence-electron chi connectivity index (χ1n) is 5.59. The summed E-state index contributed by atoms with van der Waals surface area (Å²) < 4.78 is 30.8. The van der Waals surface area contributed by atoms with Gasteiger partial charge >= 0.3 is 12.2 Å². The lowest BCUT2D eigenvalue weighted by Gasteiger charge is -2.19. The molecule has 0 atom stereocenters. The van der Waals surface area contributed by atoms with Crippen molar-refractivity contribution in [1.29, 1.82) is 0 Å². The average molecular weight is 287 g/mol. The highest BCUT2D eigenvalue weighted by Crippen LogP contribution is 2.10. The molecule has 1 aromatic rings. The second-order valence-corrected chi connectivity index (χ2v) is 4.67. The van der Waals surface area contributed by atoms with Crippen LogP contribution in [0.1, 0.15) is 26.3 Å². The Labute approximate surface area is 114 Å². The molecule has 0 saturated heterocycles. The van der Waals surface area contributed by atoms with Crippen molar-refractivity contribution in [2.45, 2.75) is 32.9 Å². The Morgan fingerprint density at radius 2 is 1.85 bits per heavy atom. The average Bonchev–Trinajstić information content (AvgIpc) is 2.26. The topological polar surface area (TPSA) is 72.5 Å². The summed E-state index contributed by atoms with van der Waals surface area (Å²) >= 11 is 0. The second-order valence-electron chi connectivity index (χ2n) is 4.67. The number of carbonyl (C=O) groups excluding carboxylic acids is 3. The van der Waals surface area contributed by atoms with E-state index in [1.165, 1.54) is 6.07 Å². The van der Waals surface area contributed by atoms with Crippen LogP contribution >= 0.6 is 0 Å². The van der Waals surface area contributed by atoms with E-state index in [4.69, 9.17) is 14.3 Å². The Morgan fingerprint density at radius 1 is 1.30 bits per heavy atom. The Hall–Kier alpha value is -2.27. The van der Waals surface area contributed by atoms with E-state index in [9.17, 15) is 13.6 Å². The first kappa shape index (κ1) is 17.7. The molecule has 0 radical (unpaired) electrons. The van der Waals surface area contributed by atoms with Crippen molar-refractivity contribution in [2.24, 2.45) is 0 Å². The summed E-state index contributed by atoms with van der Waals surface area (Å²) in [5.41, 5.74) is -0.400. The number of alkyl carbamates (subject to hydrolysis) is 1. The largest absolute Gasteiger partial charge is 0.444 e. The summed E-state index contributed by atoms with van der Waals surface area (Å²) in [4.78, 5) is 27.5. The Kier molecular flexibility index (Phi) is 7.10. The summed E-state index contributed by atoms with van der Waals surface area (Å²) in [6.07, 6.45) is -0.388. The Balaban J connectivity index is 0.00000110. The van der Waals surface area contributed by atoms with Crippen LogP contribution < -0.4 is 5.32 Å². The van der Waals surface area contributed by atoms with E-state index in [0.717, 1.165) is 12.1 Å². The van der Waals surface area contributed by atoms with Crippen molar-refractivity contribution in [3.05, 3.63) is 35.4 Å². The van der Waals surface area contributed by atoms with Crippen molar-refractivity contribution in [3.8, 4) is 0 Å². The molecular formula is C13H15F2NO4. The number of hydrogen-bond acceptors (Lipinski definition) is 4. The zero-order valence-electron chi connectivity index (χ0n) is 11.3. The predicted molar refractivity (Wildman–Crippen MR) is 64.4 cm³/mol. The number of amides is 1. The standard InChI is InChI=1S/C12H15F2NO2.CO2/c1-12(2,3)17-11(16)15-7-8-4-5-9(13)6-10(8)14;2-1-3/h4-6H,7H2,1-3H3,(H,15,16);. The third-order valence-electron chi connectivity index (χ3n) is 1.84. The highest BCUT2D eigenvalue weighted by Gasteiger charge is 2.16. The van der Waals surface area contributed by atoms with Crippen molar-refractivity contribution in [1.82, 2.24) is 5.32 Å². The first-order chi connectivity index (χ1) is 9.19. The third kappa shape index (κ3) is 7.94. The maximum atomic E-state index is 13.2. The summed E-state index contributed by atoms with van der Waals surface area (Å²) in [5, 5.41) is 2.39. The fraction of sp³-hybridized carbons (Fsp3) is 0.385. The number of hydrogen-bond donors (Lipinski definition) is 1. The molecule has 0 saturated carbocycles. The maximum absolute atomic E-state index is 13.2. The smallest absolute Gasteiger partial charge is 0.407 e. The molecular weight excluding hydrogens is 272 g/mol. The number of ether oxygens (including phenoxy) is 1. The minimum atomic E-state index is -0.693.